The molecule has 0 aromatic rings. The molecule has 0 aromatic heterocycles. The Labute approximate surface area is 70.1 Å². The van der Waals surface area contributed by atoms with Crippen LogP contribution in [0, 0.1) is 0 Å². The van der Waals surface area contributed by atoms with Crippen molar-refractivity contribution in [3.8, 4) is 0 Å². The molecule has 0 heterocycles. The van der Waals surface area contributed by atoms with Crippen molar-refractivity contribution in [1.82, 2.24) is 0 Å². The Morgan fingerprint density at radius 3 is 2.22 bits per heavy atom. The van der Waals surface area contributed by atoms with Gasteiger partial charge in [0.1, 0.15) is 0 Å². The molecule has 4 heteroatoms. The SMILES string of the molecule is CCCS(=O)(=O)CCI. The van der Waals surface area contributed by atoms with Crippen LogP contribution in [0.4, 0.5) is 0 Å². The van der Waals surface area contributed by atoms with E-state index in [9.17, 15) is 8.42 Å². The maximum absolute atomic E-state index is 10.8. The predicted molar refractivity (Wildman–Crippen MR) is 47.8 cm³/mol. The van der Waals surface area contributed by atoms with E-state index < -0.39 is 9.84 Å². The summed E-state index contributed by atoms with van der Waals surface area (Å²) in [6.07, 6.45) is 0.735. The van der Waals surface area contributed by atoms with Crippen molar-refractivity contribution in [1.29, 1.82) is 0 Å². The van der Waals surface area contributed by atoms with E-state index >= 15 is 0 Å². The predicted octanol–water partition coefficient (Wildman–Crippen LogP) is 1.25. The van der Waals surface area contributed by atoms with E-state index in [2.05, 4.69) is 22.6 Å². The van der Waals surface area contributed by atoms with Crippen LogP contribution < -0.4 is 0 Å². The zero-order valence-electron chi connectivity index (χ0n) is 5.43. The van der Waals surface area contributed by atoms with Crippen molar-refractivity contribution in [3.63, 3.8) is 0 Å². The lowest BCUT2D eigenvalue weighted by atomic mass is 10.6. The number of halogens is 1. The molecule has 0 saturated heterocycles. The van der Waals surface area contributed by atoms with Crippen LogP contribution in [0.1, 0.15) is 13.3 Å². The van der Waals surface area contributed by atoms with Crippen LogP contribution in [-0.4, -0.2) is 24.4 Å². The summed E-state index contributed by atoms with van der Waals surface area (Å²) >= 11 is 2.07. The van der Waals surface area contributed by atoms with Gasteiger partial charge in [-0.25, -0.2) is 8.42 Å². The van der Waals surface area contributed by atoms with E-state index in [0.717, 1.165) is 6.42 Å². The van der Waals surface area contributed by atoms with Crippen molar-refractivity contribution in [3.05, 3.63) is 0 Å². The Kier molecular flexibility index (Phi) is 4.83. The maximum atomic E-state index is 10.8. The first-order chi connectivity index (χ1) is 4.12. The van der Waals surface area contributed by atoms with Gasteiger partial charge in [-0.3, -0.25) is 0 Å². The molecule has 0 aromatic carbocycles. The average Bonchev–Trinajstić information content (AvgIpc) is 1.64. The van der Waals surface area contributed by atoms with Crippen LogP contribution in [0.5, 0.6) is 0 Å². The van der Waals surface area contributed by atoms with Gasteiger partial charge in [-0.15, -0.1) is 0 Å². The van der Waals surface area contributed by atoms with Gasteiger partial charge in [-0.1, -0.05) is 29.5 Å². The fraction of sp³-hybridized carbons (Fsp3) is 1.00. The summed E-state index contributed by atoms with van der Waals surface area (Å²) in [4.78, 5) is 0. The van der Waals surface area contributed by atoms with Crippen molar-refractivity contribution in [2.75, 3.05) is 15.9 Å². The fourth-order valence-corrected chi connectivity index (χ4v) is 3.60. The largest absolute Gasteiger partial charge is 0.229 e. The number of hydrogen-bond acceptors (Lipinski definition) is 2. The first kappa shape index (κ1) is 9.68. The smallest absolute Gasteiger partial charge is 0.151 e. The molecule has 0 unspecified atom stereocenters. The minimum atomic E-state index is -2.69. The Morgan fingerprint density at radius 2 is 1.89 bits per heavy atom. The van der Waals surface area contributed by atoms with E-state index in [1.165, 1.54) is 0 Å². The molecular formula is C5H11IO2S. The highest BCUT2D eigenvalue weighted by molar-refractivity contribution is 14.1. The van der Waals surface area contributed by atoms with Gasteiger partial charge in [0.05, 0.1) is 5.75 Å². The topological polar surface area (TPSA) is 34.1 Å². The van der Waals surface area contributed by atoms with Gasteiger partial charge in [0.2, 0.25) is 0 Å². The van der Waals surface area contributed by atoms with E-state index in [-0.39, 0.29) is 0 Å². The molecule has 0 rings (SSSR count). The average molecular weight is 262 g/mol. The van der Waals surface area contributed by atoms with Crippen molar-refractivity contribution in [2.45, 2.75) is 13.3 Å². The second kappa shape index (κ2) is 4.49. The van der Waals surface area contributed by atoms with Crippen LogP contribution in [0.2, 0.25) is 0 Å². The van der Waals surface area contributed by atoms with Gasteiger partial charge in [-0.2, -0.15) is 0 Å². The standard InChI is InChI=1S/C5H11IO2S/c1-2-4-9(7,8)5-3-6/h2-5H2,1H3. The molecule has 0 aliphatic carbocycles. The summed E-state index contributed by atoms with van der Waals surface area (Å²) in [5.74, 6) is 0.678. The zero-order valence-corrected chi connectivity index (χ0v) is 8.41. The minimum absolute atomic E-state index is 0.335. The quantitative estimate of drug-likeness (QED) is 0.564. The van der Waals surface area contributed by atoms with Gasteiger partial charge in [0.15, 0.2) is 9.84 Å². The number of alkyl halides is 1. The molecule has 0 saturated carbocycles. The third-order valence-electron chi connectivity index (χ3n) is 0.903. The molecule has 56 valence electrons. The summed E-state index contributed by atoms with van der Waals surface area (Å²) in [7, 11) is -2.69. The minimum Gasteiger partial charge on any atom is -0.229 e. The van der Waals surface area contributed by atoms with Crippen molar-refractivity contribution >= 4 is 32.4 Å². The summed E-state index contributed by atoms with van der Waals surface area (Å²) < 4.78 is 22.4. The molecule has 9 heavy (non-hydrogen) atoms. The third kappa shape index (κ3) is 5.14. The summed E-state index contributed by atoms with van der Waals surface area (Å²) in [5.41, 5.74) is 0. The lowest BCUT2D eigenvalue weighted by molar-refractivity contribution is 0.596. The molecule has 2 nitrogen and oxygen atoms in total. The molecule has 0 aliphatic rings. The van der Waals surface area contributed by atoms with Crippen LogP contribution in [0.3, 0.4) is 0 Å². The van der Waals surface area contributed by atoms with Gasteiger partial charge >= 0.3 is 0 Å². The van der Waals surface area contributed by atoms with E-state index in [1.54, 1.807) is 0 Å². The highest BCUT2D eigenvalue weighted by Gasteiger charge is 2.05. The molecule has 0 aliphatic heterocycles. The maximum Gasteiger partial charge on any atom is 0.151 e. The van der Waals surface area contributed by atoms with Gasteiger partial charge in [0, 0.05) is 10.2 Å². The van der Waals surface area contributed by atoms with Gasteiger partial charge in [0.25, 0.3) is 0 Å². The molecule has 0 N–H and O–H groups in total. The van der Waals surface area contributed by atoms with Crippen LogP contribution >= 0.6 is 22.6 Å². The van der Waals surface area contributed by atoms with E-state index in [0.29, 0.717) is 15.9 Å². The summed E-state index contributed by atoms with van der Waals surface area (Å²) in [5, 5.41) is 0. The first-order valence-corrected chi connectivity index (χ1v) is 6.23. The van der Waals surface area contributed by atoms with Crippen LogP contribution in [-0.2, 0) is 9.84 Å². The fourth-order valence-electron chi connectivity index (χ4n) is 0.531. The third-order valence-corrected chi connectivity index (χ3v) is 4.03. The lowest BCUT2D eigenvalue weighted by Gasteiger charge is -1.96. The van der Waals surface area contributed by atoms with Crippen LogP contribution in [0.15, 0.2) is 0 Å². The van der Waals surface area contributed by atoms with Gasteiger partial charge in [-0.05, 0) is 6.42 Å². The molecule has 0 fully saturated rings. The molecule has 0 bridgehead atoms. The molecule has 0 atom stereocenters. The van der Waals surface area contributed by atoms with Crippen molar-refractivity contribution < 1.29 is 8.42 Å². The Balaban J connectivity index is 3.73. The normalized spacial score (nSPS) is 11.8. The molecule has 0 spiro atoms. The summed E-state index contributed by atoms with van der Waals surface area (Å²) in [6.45, 7) is 1.88. The summed E-state index contributed by atoms with van der Waals surface area (Å²) in [6, 6.07) is 0. The second-order valence-electron chi connectivity index (χ2n) is 1.84. The monoisotopic (exact) mass is 262 g/mol. The van der Waals surface area contributed by atoms with E-state index in [4.69, 9.17) is 0 Å². The molecular weight excluding hydrogens is 251 g/mol. The molecule has 0 radical (unpaired) electrons. The number of sulfone groups is 1. The Morgan fingerprint density at radius 1 is 1.33 bits per heavy atom. The second-order valence-corrected chi connectivity index (χ2v) is 5.22. The first-order valence-electron chi connectivity index (χ1n) is 2.89. The van der Waals surface area contributed by atoms with Crippen LogP contribution in [0.25, 0.3) is 0 Å². The number of hydrogen-bond donors (Lipinski definition) is 0. The highest BCUT2D eigenvalue weighted by Crippen LogP contribution is 1.95. The zero-order chi connectivity index (χ0) is 7.33. The van der Waals surface area contributed by atoms with Crippen molar-refractivity contribution in [2.24, 2.45) is 0 Å². The Bertz CT molecular complexity index is 138. The highest BCUT2D eigenvalue weighted by atomic mass is 127. The van der Waals surface area contributed by atoms with E-state index in [1.807, 2.05) is 6.92 Å². The number of rotatable bonds is 4. The molecule has 0 amide bonds. The Hall–Kier alpha value is 0.680. The van der Waals surface area contributed by atoms with Gasteiger partial charge < -0.3 is 0 Å². The lowest BCUT2D eigenvalue weighted by Crippen LogP contribution is -2.10.